The summed E-state index contributed by atoms with van der Waals surface area (Å²) in [4.78, 5) is 22.8. The van der Waals surface area contributed by atoms with Gasteiger partial charge in [0.1, 0.15) is 18.3 Å². The van der Waals surface area contributed by atoms with Gasteiger partial charge in [-0.25, -0.2) is 4.98 Å². The van der Waals surface area contributed by atoms with Gasteiger partial charge >= 0.3 is 0 Å². The number of aromatic nitrogens is 4. The zero-order valence-corrected chi connectivity index (χ0v) is 14.5. The van der Waals surface area contributed by atoms with Crippen LogP contribution in [0.1, 0.15) is 20.1 Å². The Morgan fingerprint density at radius 3 is 2.79 bits per heavy atom. The number of hydrogen-bond donors (Lipinski definition) is 3. The quantitative estimate of drug-likeness (QED) is 0.591. The van der Waals surface area contributed by atoms with Crippen molar-refractivity contribution < 1.29 is 19.3 Å². The molecule has 0 aliphatic carbocycles. The van der Waals surface area contributed by atoms with Gasteiger partial charge < -0.3 is 25.1 Å². The number of nitrogens with two attached hydrogens (primary N) is 1. The fraction of sp³-hybridized carbons (Fsp3) is 0.615. The summed E-state index contributed by atoms with van der Waals surface area (Å²) in [5.74, 6) is -0.837. The van der Waals surface area contributed by atoms with Gasteiger partial charge in [-0.2, -0.15) is 4.98 Å². The highest BCUT2D eigenvalue weighted by Crippen LogP contribution is 2.44. The summed E-state index contributed by atoms with van der Waals surface area (Å²) in [6.45, 7) is 3.36. The van der Waals surface area contributed by atoms with Crippen molar-refractivity contribution in [1.82, 2.24) is 19.5 Å². The van der Waals surface area contributed by atoms with Crippen LogP contribution in [-0.2, 0) is 14.2 Å². The number of nitrogens with zero attached hydrogens (tertiary/aromatic N) is 3. The Bertz CT molecular complexity index is 864. The molecule has 2 aliphatic heterocycles. The first kappa shape index (κ1) is 16.0. The van der Waals surface area contributed by atoms with E-state index in [4.69, 9.17) is 19.9 Å². The SMILES string of the molecule is CC1(C)O[C@@H]2[C@@H](O1)[C@@H](CO)O[C@H]2n1c(Br)nc2c(=O)[nH]c(N)nc21. The Labute approximate surface area is 144 Å². The topological polar surface area (TPSA) is 138 Å². The lowest BCUT2D eigenvalue weighted by Crippen LogP contribution is -2.31. The fourth-order valence-electron chi connectivity index (χ4n) is 3.21. The van der Waals surface area contributed by atoms with Crippen LogP contribution in [0.25, 0.3) is 11.2 Å². The summed E-state index contributed by atoms with van der Waals surface area (Å²) in [5.41, 5.74) is 5.58. The highest BCUT2D eigenvalue weighted by atomic mass is 79.9. The third-order valence-corrected chi connectivity index (χ3v) is 4.64. The second kappa shape index (κ2) is 5.23. The van der Waals surface area contributed by atoms with Gasteiger partial charge in [-0.3, -0.25) is 14.3 Å². The molecule has 4 heterocycles. The van der Waals surface area contributed by atoms with Crippen LogP contribution in [0.4, 0.5) is 5.95 Å². The molecular formula is C13H16BrN5O5. The molecule has 0 aromatic carbocycles. The van der Waals surface area contributed by atoms with E-state index in [0.29, 0.717) is 4.73 Å². The van der Waals surface area contributed by atoms with Crippen molar-refractivity contribution >= 4 is 33.0 Å². The molecule has 0 amide bonds. The number of aliphatic hydroxyl groups excluding tert-OH is 1. The van der Waals surface area contributed by atoms with Crippen LogP contribution in [0.2, 0.25) is 0 Å². The zero-order valence-electron chi connectivity index (χ0n) is 12.9. The number of aromatic amines is 1. The van der Waals surface area contributed by atoms with Crippen molar-refractivity contribution in [3.05, 3.63) is 15.1 Å². The van der Waals surface area contributed by atoms with Crippen LogP contribution < -0.4 is 11.3 Å². The predicted molar refractivity (Wildman–Crippen MR) is 85.1 cm³/mol. The minimum atomic E-state index is -0.808. The van der Waals surface area contributed by atoms with Gasteiger partial charge in [-0.05, 0) is 29.8 Å². The Kier molecular flexibility index (Phi) is 3.48. The third kappa shape index (κ3) is 2.27. The number of halogens is 1. The van der Waals surface area contributed by atoms with Gasteiger partial charge in [0, 0.05) is 0 Å². The van der Waals surface area contributed by atoms with Crippen molar-refractivity contribution in [2.24, 2.45) is 0 Å². The molecule has 4 rings (SSSR count). The summed E-state index contributed by atoms with van der Waals surface area (Å²) in [6, 6.07) is 0. The van der Waals surface area contributed by atoms with Gasteiger partial charge in [0.15, 0.2) is 27.9 Å². The van der Waals surface area contributed by atoms with Gasteiger partial charge in [0.2, 0.25) is 5.95 Å². The molecular weight excluding hydrogens is 386 g/mol. The number of H-pyrrole nitrogens is 1. The normalized spacial score (nSPS) is 31.7. The van der Waals surface area contributed by atoms with Crippen molar-refractivity contribution in [2.75, 3.05) is 12.3 Å². The molecule has 0 radical (unpaired) electrons. The van der Waals surface area contributed by atoms with Crippen LogP contribution >= 0.6 is 15.9 Å². The lowest BCUT2D eigenvalue weighted by Gasteiger charge is -2.24. The smallest absolute Gasteiger partial charge is 0.280 e. The lowest BCUT2D eigenvalue weighted by molar-refractivity contribution is -0.200. The Hall–Kier alpha value is -1.53. The van der Waals surface area contributed by atoms with Crippen LogP contribution in [-0.4, -0.2) is 55.3 Å². The number of fused-ring (bicyclic) bond motifs is 2. The number of nitrogen functional groups attached to an aromatic ring is 1. The van der Waals surface area contributed by atoms with Crippen LogP contribution in [0.15, 0.2) is 9.53 Å². The van der Waals surface area contributed by atoms with E-state index in [9.17, 15) is 9.90 Å². The summed E-state index contributed by atoms with van der Waals surface area (Å²) in [6.07, 6.45) is -2.18. The molecule has 0 spiro atoms. The molecule has 4 N–H and O–H groups in total. The van der Waals surface area contributed by atoms with Crippen LogP contribution in [0.3, 0.4) is 0 Å². The van der Waals surface area contributed by atoms with E-state index in [1.54, 1.807) is 18.4 Å². The summed E-state index contributed by atoms with van der Waals surface area (Å²) < 4.78 is 19.6. The molecule has 10 nitrogen and oxygen atoms in total. The van der Waals surface area contributed by atoms with E-state index < -0.39 is 35.9 Å². The van der Waals surface area contributed by atoms with Gasteiger partial charge in [-0.1, -0.05) is 0 Å². The predicted octanol–water partition coefficient (Wildman–Crippen LogP) is -0.126. The molecule has 24 heavy (non-hydrogen) atoms. The molecule has 0 bridgehead atoms. The Morgan fingerprint density at radius 2 is 2.08 bits per heavy atom. The van der Waals surface area contributed by atoms with E-state index in [1.165, 1.54) is 0 Å². The molecule has 2 aromatic rings. The standard InChI is InChI=1S/C13H16BrN5O5/c1-13(2)23-6-4(3-20)22-10(7(6)24-13)19-8-5(16-11(19)14)9(21)18-12(15)17-8/h4,6-7,10,20H,3H2,1-2H3,(H3,15,17,18,21)/t4-,6+,7-,10-/m1/s1. The second-order valence-electron chi connectivity index (χ2n) is 6.19. The highest BCUT2D eigenvalue weighted by molar-refractivity contribution is 9.10. The number of anilines is 1. The monoisotopic (exact) mass is 401 g/mol. The molecule has 11 heteroatoms. The maximum Gasteiger partial charge on any atom is 0.280 e. The minimum absolute atomic E-state index is 0.0293. The molecule has 4 atom stereocenters. The number of rotatable bonds is 2. The van der Waals surface area contributed by atoms with Gasteiger partial charge in [0.05, 0.1) is 6.61 Å². The average molecular weight is 402 g/mol. The molecule has 2 fully saturated rings. The fourth-order valence-corrected chi connectivity index (χ4v) is 3.76. The van der Waals surface area contributed by atoms with Crippen molar-refractivity contribution in [3.63, 3.8) is 0 Å². The van der Waals surface area contributed by atoms with E-state index >= 15 is 0 Å². The number of imidazole rings is 1. The molecule has 2 aliphatic rings. The average Bonchev–Trinajstić information content (AvgIpc) is 3.07. The first-order valence-corrected chi connectivity index (χ1v) is 8.15. The third-order valence-electron chi connectivity index (χ3n) is 4.09. The van der Waals surface area contributed by atoms with Crippen molar-refractivity contribution in [2.45, 2.75) is 44.2 Å². The maximum atomic E-state index is 12.0. The largest absolute Gasteiger partial charge is 0.394 e. The van der Waals surface area contributed by atoms with Crippen LogP contribution in [0.5, 0.6) is 0 Å². The van der Waals surface area contributed by atoms with E-state index in [-0.39, 0.29) is 23.7 Å². The number of aliphatic hydroxyl groups is 1. The Morgan fingerprint density at radius 1 is 1.38 bits per heavy atom. The van der Waals surface area contributed by atoms with Gasteiger partial charge in [-0.15, -0.1) is 0 Å². The number of ether oxygens (including phenoxy) is 3. The molecule has 0 unspecified atom stereocenters. The number of nitrogens with one attached hydrogen (secondary N) is 1. The van der Waals surface area contributed by atoms with E-state index in [0.717, 1.165) is 0 Å². The minimum Gasteiger partial charge on any atom is -0.394 e. The second-order valence-corrected chi connectivity index (χ2v) is 6.90. The van der Waals surface area contributed by atoms with E-state index in [2.05, 4.69) is 30.9 Å². The summed E-state index contributed by atoms with van der Waals surface area (Å²) >= 11 is 3.33. The molecule has 0 saturated carbocycles. The van der Waals surface area contributed by atoms with Gasteiger partial charge in [0.25, 0.3) is 5.56 Å². The van der Waals surface area contributed by atoms with Crippen molar-refractivity contribution in [1.29, 1.82) is 0 Å². The lowest BCUT2D eigenvalue weighted by atomic mass is 10.1. The maximum absolute atomic E-state index is 12.0. The van der Waals surface area contributed by atoms with E-state index in [1.807, 2.05) is 0 Å². The Balaban J connectivity index is 1.86. The highest BCUT2D eigenvalue weighted by Gasteiger charge is 2.56. The first-order chi connectivity index (χ1) is 11.3. The van der Waals surface area contributed by atoms with Crippen LogP contribution in [0, 0.1) is 0 Å². The van der Waals surface area contributed by atoms with Crippen molar-refractivity contribution in [3.8, 4) is 0 Å². The molecule has 2 aromatic heterocycles. The first-order valence-electron chi connectivity index (χ1n) is 7.36. The number of hydrogen-bond acceptors (Lipinski definition) is 8. The molecule has 130 valence electrons. The summed E-state index contributed by atoms with van der Waals surface area (Å²) in [5, 5.41) is 9.58. The summed E-state index contributed by atoms with van der Waals surface area (Å²) in [7, 11) is 0. The zero-order chi connectivity index (χ0) is 17.2. The molecule has 2 saturated heterocycles.